The fraction of sp³-hybridized carbons (Fsp3) is 0.381. The van der Waals surface area contributed by atoms with Crippen LogP contribution in [0, 0.1) is 23.6 Å². The van der Waals surface area contributed by atoms with E-state index in [1.54, 1.807) is 18.5 Å². The Kier molecular flexibility index (Phi) is 6.06. The summed E-state index contributed by atoms with van der Waals surface area (Å²) in [7, 11) is 0. The number of anilines is 1. The second kappa shape index (κ2) is 9.07. The molecule has 0 radical (unpaired) electrons. The Hall–Kier alpha value is -3.56. The number of nitrogens with zero attached hydrogens (tertiary/aromatic N) is 4. The molecule has 31 heavy (non-hydrogen) atoms. The molecule has 1 aliphatic heterocycles. The smallest absolute Gasteiger partial charge is 0.341 e. The molecule has 2 unspecified atom stereocenters. The van der Waals surface area contributed by atoms with Gasteiger partial charge < -0.3 is 20.1 Å². The maximum atomic E-state index is 14.1. The summed E-state index contributed by atoms with van der Waals surface area (Å²) in [4.78, 5) is 36.1. The normalized spacial score (nSPS) is 21.7. The van der Waals surface area contributed by atoms with Crippen LogP contribution in [-0.2, 0) is 9.59 Å². The van der Waals surface area contributed by atoms with Crippen molar-refractivity contribution in [2.45, 2.75) is 6.42 Å². The zero-order chi connectivity index (χ0) is 21.8. The van der Waals surface area contributed by atoms with E-state index in [2.05, 4.69) is 20.3 Å². The molecule has 4 rings (SSSR count). The number of rotatable bonds is 9. The SMILES string of the molecule is O=C(O)COc1ncc(F)c(N2CC3C(CCNC(=O)/C=C/c4cccnc4)C3C2)n1. The first-order valence-corrected chi connectivity index (χ1v) is 9.99. The molecule has 1 aliphatic carbocycles. The number of nitrogens with one attached hydrogen (secondary N) is 1. The number of carboxylic acids is 1. The van der Waals surface area contributed by atoms with Crippen molar-refractivity contribution in [3.05, 3.63) is 48.2 Å². The lowest BCUT2D eigenvalue weighted by atomic mass is 10.2. The van der Waals surface area contributed by atoms with Crippen LogP contribution in [0.2, 0.25) is 0 Å². The van der Waals surface area contributed by atoms with Crippen molar-refractivity contribution in [3.63, 3.8) is 0 Å². The Morgan fingerprint density at radius 1 is 1.32 bits per heavy atom. The van der Waals surface area contributed by atoms with Gasteiger partial charge in [0.05, 0.1) is 6.20 Å². The lowest BCUT2D eigenvalue weighted by Crippen LogP contribution is -2.28. The number of hydrogen-bond acceptors (Lipinski definition) is 7. The number of aliphatic carboxylic acids is 1. The molecule has 2 N–H and O–H groups in total. The molecule has 0 aromatic carbocycles. The number of ether oxygens (including phenoxy) is 1. The van der Waals surface area contributed by atoms with Crippen LogP contribution in [-0.4, -0.2) is 58.2 Å². The highest BCUT2D eigenvalue weighted by Gasteiger charge is 2.55. The molecule has 1 amide bonds. The molecular formula is C21H22FN5O4. The van der Waals surface area contributed by atoms with Gasteiger partial charge in [-0.15, -0.1) is 0 Å². The number of amides is 1. The van der Waals surface area contributed by atoms with Gasteiger partial charge in [0, 0.05) is 38.1 Å². The van der Waals surface area contributed by atoms with Gasteiger partial charge >= 0.3 is 12.0 Å². The third-order valence-corrected chi connectivity index (χ3v) is 5.59. The number of carbonyl (C=O) groups is 2. The van der Waals surface area contributed by atoms with E-state index < -0.39 is 18.4 Å². The molecule has 2 aromatic rings. The van der Waals surface area contributed by atoms with Gasteiger partial charge in [-0.3, -0.25) is 9.78 Å². The molecule has 1 saturated carbocycles. The van der Waals surface area contributed by atoms with E-state index in [9.17, 15) is 14.0 Å². The maximum absolute atomic E-state index is 14.1. The van der Waals surface area contributed by atoms with Crippen LogP contribution in [0.1, 0.15) is 12.0 Å². The molecule has 2 atom stereocenters. The Balaban J connectivity index is 1.21. The second-order valence-electron chi connectivity index (χ2n) is 7.60. The summed E-state index contributed by atoms with van der Waals surface area (Å²) in [5.74, 6) is -0.372. The minimum Gasteiger partial charge on any atom is -0.479 e. The molecular weight excluding hydrogens is 405 g/mol. The first kappa shape index (κ1) is 20.7. The summed E-state index contributed by atoms with van der Waals surface area (Å²) < 4.78 is 19.1. The van der Waals surface area contributed by atoms with Gasteiger partial charge in [0.1, 0.15) is 0 Å². The van der Waals surface area contributed by atoms with Gasteiger partial charge in [-0.2, -0.15) is 4.98 Å². The average Bonchev–Trinajstić information content (AvgIpc) is 3.21. The largest absolute Gasteiger partial charge is 0.479 e. The van der Waals surface area contributed by atoms with Gasteiger partial charge in [0.2, 0.25) is 5.91 Å². The molecule has 10 heteroatoms. The summed E-state index contributed by atoms with van der Waals surface area (Å²) in [5.41, 5.74) is 0.864. The van der Waals surface area contributed by atoms with E-state index in [4.69, 9.17) is 9.84 Å². The lowest BCUT2D eigenvalue weighted by Gasteiger charge is -2.21. The highest BCUT2D eigenvalue weighted by Crippen LogP contribution is 2.54. The second-order valence-corrected chi connectivity index (χ2v) is 7.60. The van der Waals surface area contributed by atoms with Gasteiger partial charge in [0.25, 0.3) is 0 Å². The Morgan fingerprint density at radius 2 is 2.13 bits per heavy atom. The molecule has 9 nitrogen and oxygen atoms in total. The van der Waals surface area contributed by atoms with Crippen molar-refractivity contribution in [2.75, 3.05) is 31.1 Å². The van der Waals surface area contributed by atoms with Crippen molar-refractivity contribution in [1.82, 2.24) is 20.3 Å². The van der Waals surface area contributed by atoms with Crippen molar-refractivity contribution < 1.29 is 23.8 Å². The standard InChI is InChI=1S/C21H22FN5O4/c22-17-9-25-21(31-12-19(29)30)26-20(17)27-10-15-14(16(15)11-27)5-7-24-18(28)4-3-13-2-1-6-23-8-13/h1-4,6,8-9,14-16H,5,7,10-12H2,(H,24,28)(H,29,30)/b4-3+. The summed E-state index contributed by atoms with van der Waals surface area (Å²) in [6.07, 6.45) is 8.44. The van der Waals surface area contributed by atoms with E-state index in [0.29, 0.717) is 37.4 Å². The van der Waals surface area contributed by atoms with Gasteiger partial charge in [-0.1, -0.05) is 6.07 Å². The first-order valence-electron chi connectivity index (χ1n) is 9.99. The lowest BCUT2D eigenvalue weighted by molar-refractivity contribution is -0.139. The van der Waals surface area contributed by atoms with E-state index >= 15 is 0 Å². The Labute approximate surface area is 178 Å². The highest BCUT2D eigenvalue weighted by molar-refractivity contribution is 5.91. The molecule has 162 valence electrons. The monoisotopic (exact) mass is 427 g/mol. The molecule has 1 saturated heterocycles. The molecule has 2 aromatic heterocycles. The van der Waals surface area contributed by atoms with Crippen LogP contribution in [0.25, 0.3) is 6.08 Å². The summed E-state index contributed by atoms with van der Waals surface area (Å²) >= 11 is 0. The predicted molar refractivity (Wildman–Crippen MR) is 109 cm³/mol. The van der Waals surface area contributed by atoms with Crippen molar-refractivity contribution in [3.8, 4) is 6.01 Å². The fourth-order valence-corrected chi connectivity index (χ4v) is 4.08. The maximum Gasteiger partial charge on any atom is 0.341 e. The summed E-state index contributed by atoms with van der Waals surface area (Å²) in [6, 6.07) is 3.53. The van der Waals surface area contributed by atoms with E-state index in [-0.39, 0.29) is 17.7 Å². The number of piperidine rings is 1. The zero-order valence-corrected chi connectivity index (χ0v) is 16.6. The van der Waals surface area contributed by atoms with Crippen molar-refractivity contribution >= 4 is 23.8 Å². The number of carboxylic acid groups (broad SMARTS) is 1. The molecule has 0 bridgehead atoms. The van der Waals surface area contributed by atoms with Crippen LogP contribution < -0.4 is 15.0 Å². The number of carbonyl (C=O) groups excluding carboxylic acids is 1. The van der Waals surface area contributed by atoms with Crippen molar-refractivity contribution in [2.24, 2.45) is 17.8 Å². The molecule has 2 fully saturated rings. The molecule has 3 heterocycles. The van der Waals surface area contributed by atoms with Crippen LogP contribution in [0.5, 0.6) is 6.01 Å². The topological polar surface area (TPSA) is 118 Å². The van der Waals surface area contributed by atoms with Crippen molar-refractivity contribution in [1.29, 1.82) is 0 Å². The number of pyridine rings is 1. The predicted octanol–water partition coefficient (Wildman–Crippen LogP) is 1.38. The quantitative estimate of drug-likeness (QED) is 0.577. The summed E-state index contributed by atoms with van der Waals surface area (Å²) in [5, 5.41) is 11.6. The number of hydrogen-bond donors (Lipinski definition) is 2. The fourth-order valence-electron chi connectivity index (χ4n) is 4.08. The van der Waals surface area contributed by atoms with Gasteiger partial charge in [-0.25, -0.2) is 14.2 Å². The minimum atomic E-state index is -1.15. The van der Waals surface area contributed by atoms with Crippen LogP contribution >= 0.6 is 0 Å². The highest BCUT2D eigenvalue weighted by atomic mass is 19.1. The third kappa shape index (κ3) is 5.14. The number of halogens is 1. The number of aromatic nitrogens is 3. The van der Waals surface area contributed by atoms with Gasteiger partial charge in [-0.05, 0) is 41.9 Å². The Bertz CT molecular complexity index is 975. The third-order valence-electron chi connectivity index (χ3n) is 5.59. The van der Waals surface area contributed by atoms with Crippen LogP contribution in [0.15, 0.2) is 36.8 Å². The first-order chi connectivity index (χ1) is 15.0. The van der Waals surface area contributed by atoms with Gasteiger partial charge in [0.15, 0.2) is 18.2 Å². The van der Waals surface area contributed by atoms with E-state index in [0.717, 1.165) is 18.2 Å². The van der Waals surface area contributed by atoms with Crippen LogP contribution in [0.4, 0.5) is 10.2 Å². The molecule has 0 spiro atoms. The van der Waals surface area contributed by atoms with E-state index in [1.807, 2.05) is 17.0 Å². The van der Waals surface area contributed by atoms with E-state index in [1.165, 1.54) is 6.08 Å². The minimum absolute atomic E-state index is 0.134. The van der Waals surface area contributed by atoms with Crippen LogP contribution in [0.3, 0.4) is 0 Å². The Morgan fingerprint density at radius 3 is 2.84 bits per heavy atom. The number of fused-ring (bicyclic) bond motifs is 1. The molecule has 2 aliphatic rings. The summed E-state index contributed by atoms with van der Waals surface area (Å²) in [6.45, 7) is 1.33. The zero-order valence-electron chi connectivity index (χ0n) is 16.6. The average molecular weight is 427 g/mol.